The number of nitrogens with one attached hydrogen (secondary N) is 1. The quantitative estimate of drug-likeness (QED) is 0.870. The summed E-state index contributed by atoms with van der Waals surface area (Å²) in [6.45, 7) is 0.953. The standard InChI is InChI=1S/C14H19F2NO/c15-11-6-10(7-12(16)8-11)14(18)9-13-4-2-1-3-5-17-13/h6-8,13-14,17-18H,1-5,9H2. The molecule has 2 nitrogen and oxygen atoms in total. The Bertz CT molecular complexity index is 369. The van der Waals surface area contributed by atoms with Crippen LogP contribution in [0.5, 0.6) is 0 Å². The van der Waals surface area contributed by atoms with Gasteiger partial charge in [-0.2, -0.15) is 0 Å². The number of hydrogen-bond acceptors (Lipinski definition) is 2. The van der Waals surface area contributed by atoms with Gasteiger partial charge in [0.1, 0.15) is 11.6 Å². The third kappa shape index (κ3) is 3.75. The fraction of sp³-hybridized carbons (Fsp3) is 0.571. The third-order valence-corrected chi connectivity index (χ3v) is 3.44. The maximum Gasteiger partial charge on any atom is 0.126 e. The lowest BCUT2D eigenvalue weighted by molar-refractivity contribution is 0.149. The molecule has 0 amide bonds. The molecule has 1 fully saturated rings. The molecule has 1 heterocycles. The van der Waals surface area contributed by atoms with Gasteiger partial charge in [0.25, 0.3) is 0 Å². The topological polar surface area (TPSA) is 32.3 Å². The zero-order valence-corrected chi connectivity index (χ0v) is 10.3. The van der Waals surface area contributed by atoms with Crippen molar-refractivity contribution in [2.24, 2.45) is 0 Å². The van der Waals surface area contributed by atoms with Crippen molar-refractivity contribution in [1.29, 1.82) is 0 Å². The van der Waals surface area contributed by atoms with Crippen LogP contribution in [0, 0.1) is 11.6 Å². The predicted molar refractivity (Wildman–Crippen MR) is 66.2 cm³/mol. The smallest absolute Gasteiger partial charge is 0.126 e. The molecule has 1 saturated heterocycles. The highest BCUT2D eigenvalue weighted by Gasteiger charge is 2.18. The molecule has 1 aliphatic heterocycles. The first-order valence-corrected chi connectivity index (χ1v) is 6.52. The summed E-state index contributed by atoms with van der Waals surface area (Å²) >= 11 is 0. The average Bonchev–Trinajstić information content (AvgIpc) is 2.56. The van der Waals surface area contributed by atoms with Crippen molar-refractivity contribution in [3.63, 3.8) is 0 Å². The number of rotatable bonds is 3. The maximum atomic E-state index is 13.1. The fourth-order valence-electron chi connectivity index (χ4n) is 2.48. The molecule has 2 rings (SSSR count). The summed E-state index contributed by atoms with van der Waals surface area (Å²) in [5.41, 5.74) is 0.318. The van der Waals surface area contributed by atoms with Gasteiger partial charge >= 0.3 is 0 Å². The Morgan fingerprint density at radius 3 is 2.61 bits per heavy atom. The van der Waals surface area contributed by atoms with E-state index in [0.717, 1.165) is 31.9 Å². The molecular formula is C14H19F2NO. The SMILES string of the molecule is OC(CC1CCCCCN1)c1cc(F)cc(F)c1. The normalized spacial score (nSPS) is 22.5. The average molecular weight is 255 g/mol. The molecule has 1 aromatic rings. The maximum absolute atomic E-state index is 13.1. The van der Waals surface area contributed by atoms with E-state index in [4.69, 9.17) is 0 Å². The van der Waals surface area contributed by atoms with Crippen LogP contribution in [0.2, 0.25) is 0 Å². The highest BCUT2D eigenvalue weighted by molar-refractivity contribution is 5.20. The van der Waals surface area contributed by atoms with Crippen LogP contribution in [-0.2, 0) is 0 Å². The van der Waals surface area contributed by atoms with E-state index in [1.54, 1.807) is 0 Å². The van der Waals surface area contributed by atoms with Gasteiger partial charge < -0.3 is 10.4 Å². The van der Waals surface area contributed by atoms with E-state index in [1.165, 1.54) is 18.6 Å². The second-order valence-corrected chi connectivity index (χ2v) is 4.95. The molecule has 100 valence electrons. The van der Waals surface area contributed by atoms with Gasteiger partial charge in [0, 0.05) is 12.1 Å². The third-order valence-electron chi connectivity index (χ3n) is 3.44. The van der Waals surface area contributed by atoms with Crippen molar-refractivity contribution in [3.05, 3.63) is 35.4 Å². The van der Waals surface area contributed by atoms with Crippen LogP contribution in [0.1, 0.15) is 43.8 Å². The van der Waals surface area contributed by atoms with Crippen LogP contribution in [-0.4, -0.2) is 17.7 Å². The molecule has 2 atom stereocenters. The van der Waals surface area contributed by atoms with Crippen molar-refractivity contribution >= 4 is 0 Å². The lowest BCUT2D eigenvalue weighted by Gasteiger charge is -2.20. The second kappa shape index (κ2) is 6.25. The van der Waals surface area contributed by atoms with Gasteiger partial charge in [-0.15, -0.1) is 0 Å². The van der Waals surface area contributed by atoms with E-state index in [1.807, 2.05) is 0 Å². The summed E-state index contributed by atoms with van der Waals surface area (Å²) in [6.07, 6.45) is 4.19. The minimum atomic E-state index is -0.814. The molecule has 4 heteroatoms. The predicted octanol–water partition coefficient (Wildman–Crippen LogP) is 2.92. The zero-order valence-electron chi connectivity index (χ0n) is 10.3. The van der Waals surface area contributed by atoms with E-state index in [9.17, 15) is 13.9 Å². The summed E-state index contributed by atoms with van der Waals surface area (Å²) in [5, 5.41) is 13.4. The lowest BCUT2D eigenvalue weighted by Crippen LogP contribution is -2.29. The first kappa shape index (κ1) is 13.4. The largest absolute Gasteiger partial charge is 0.388 e. The monoisotopic (exact) mass is 255 g/mol. The second-order valence-electron chi connectivity index (χ2n) is 4.95. The first-order valence-electron chi connectivity index (χ1n) is 6.52. The molecule has 18 heavy (non-hydrogen) atoms. The summed E-state index contributed by atoms with van der Waals surface area (Å²) in [6, 6.07) is 3.45. The Morgan fingerprint density at radius 1 is 1.17 bits per heavy atom. The molecule has 1 aliphatic rings. The molecule has 0 radical (unpaired) electrons. The molecule has 0 aliphatic carbocycles. The van der Waals surface area contributed by atoms with Gasteiger partial charge in [-0.3, -0.25) is 0 Å². The van der Waals surface area contributed by atoms with Crippen LogP contribution >= 0.6 is 0 Å². The Hall–Kier alpha value is -1.00. The lowest BCUT2D eigenvalue weighted by atomic mass is 9.99. The van der Waals surface area contributed by atoms with Crippen LogP contribution in [0.15, 0.2) is 18.2 Å². The summed E-state index contributed by atoms with van der Waals surface area (Å²) in [5.74, 6) is -1.28. The molecule has 0 aromatic heterocycles. The summed E-state index contributed by atoms with van der Waals surface area (Å²) < 4.78 is 26.1. The van der Waals surface area contributed by atoms with Crippen molar-refractivity contribution in [3.8, 4) is 0 Å². The molecular weight excluding hydrogens is 236 g/mol. The van der Waals surface area contributed by atoms with Crippen molar-refractivity contribution < 1.29 is 13.9 Å². The number of aliphatic hydroxyl groups excluding tert-OH is 1. The molecule has 2 unspecified atom stereocenters. The zero-order chi connectivity index (χ0) is 13.0. The summed E-state index contributed by atoms with van der Waals surface area (Å²) in [4.78, 5) is 0. The number of hydrogen-bond donors (Lipinski definition) is 2. The van der Waals surface area contributed by atoms with Crippen LogP contribution < -0.4 is 5.32 Å². The Morgan fingerprint density at radius 2 is 1.89 bits per heavy atom. The van der Waals surface area contributed by atoms with E-state index in [-0.39, 0.29) is 6.04 Å². The van der Waals surface area contributed by atoms with E-state index >= 15 is 0 Å². The summed E-state index contributed by atoms with van der Waals surface area (Å²) in [7, 11) is 0. The van der Waals surface area contributed by atoms with Crippen molar-refractivity contribution in [2.75, 3.05) is 6.54 Å². The van der Waals surface area contributed by atoms with Gasteiger partial charge in [-0.25, -0.2) is 8.78 Å². The fourth-order valence-corrected chi connectivity index (χ4v) is 2.48. The van der Waals surface area contributed by atoms with Crippen molar-refractivity contribution in [1.82, 2.24) is 5.32 Å². The number of halogens is 2. The van der Waals surface area contributed by atoms with Gasteiger partial charge in [-0.05, 0) is 43.5 Å². The first-order chi connectivity index (χ1) is 8.65. The van der Waals surface area contributed by atoms with Gasteiger partial charge in [0.15, 0.2) is 0 Å². The minimum absolute atomic E-state index is 0.230. The Balaban J connectivity index is 1.99. The van der Waals surface area contributed by atoms with Gasteiger partial charge in [-0.1, -0.05) is 12.8 Å². The molecule has 2 N–H and O–H groups in total. The molecule has 0 spiro atoms. The minimum Gasteiger partial charge on any atom is -0.388 e. The highest BCUT2D eigenvalue weighted by atomic mass is 19.1. The van der Waals surface area contributed by atoms with Crippen LogP contribution in [0.4, 0.5) is 8.78 Å². The van der Waals surface area contributed by atoms with Gasteiger partial charge in [0.2, 0.25) is 0 Å². The number of aliphatic hydroxyl groups is 1. The van der Waals surface area contributed by atoms with E-state index in [2.05, 4.69) is 5.32 Å². The molecule has 0 saturated carbocycles. The highest BCUT2D eigenvalue weighted by Crippen LogP contribution is 2.23. The van der Waals surface area contributed by atoms with E-state index in [0.29, 0.717) is 12.0 Å². The number of benzene rings is 1. The molecule has 1 aromatic carbocycles. The Kier molecular flexibility index (Phi) is 4.66. The molecule has 0 bridgehead atoms. The van der Waals surface area contributed by atoms with Crippen LogP contribution in [0.25, 0.3) is 0 Å². The Labute approximate surface area is 106 Å². The van der Waals surface area contributed by atoms with Gasteiger partial charge in [0.05, 0.1) is 6.10 Å². The van der Waals surface area contributed by atoms with Crippen LogP contribution in [0.3, 0.4) is 0 Å². The van der Waals surface area contributed by atoms with E-state index < -0.39 is 17.7 Å². The van der Waals surface area contributed by atoms with Crippen molar-refractivity contribution in [2.45, 2.75) is 44.2 Å².